The predicted octanol–water partition coefficient (Wildman–Crippen LogP) is 3.45. The number of nitrogens with zero attached hydrogens (tertiary/aromatic N) is 3. The largest absolute Gasteiger partial charge is 0.483 e. The van der Waals surface area contributed by atoms with Gasteiger partial charge < -0.3 is 4.74 Å². The molecule has 0 aliphatic carbocycles. The molecule has 0 saturated heterocycles. The second-order valence-electron chi connectivity index (χ2n) is 6.03. The minimum Gasteiger partial charge on any atom is -0.483 e. The van der Waals surface area contributed by atoms with Crippen LogP contribution < -0.4 is 10.3 Å². The number of nitriles is 1. The predicted molar refractivity (Wildman–Crippen MR) is 94.3 cm³/mol. The van der Waals surface area contributed by atoms with Crippen molar-refractivity contribution in [3.8, 4) is 11.8 Å². The molecule has 0 saturated carbocycles. The van der Waals surface area contributed by atoms with Gasteiger partial charge in [0.15, 0.2) is 0 Å². The van der Waals surface area contributed by atoms with Gasteiger partial charge in [-0.2, -0.15) is 5.26 Å². The van der Waals surface area contributed by atoms with Gasteiger partial charge in [0.2, 0.25) is 0 Å². The summed E-state index contributed by atoms with van der Waals surface area (Å²) in [6.07, 6.45) is 3.17. The van der Waals surface area contributed by atoms with Crippen molar-refractivity contribution in [1.82, 2.24) is 4.57 Å². The fourth-order valence-electron chi connectivity index (χ4n) is 2.65. The van der Waals surface area contributed by atoms with Crippen molar-refractivity contribution < 1.29 is 9.66 Å². The molecule has 3 rings (SSSR count). The van der Waals surface area contributed by atoms with Gasteiger partial charge in [0.1, 0.15) is 11.4 Å². The third-order valence-corrected chi connectivity index (χ3v) is 4.10. The number of rotatable bonds is 2. The monoisotopic (exact) mass is 401 g/mol. The maximum atomic E-state index is 12.6. The molecule has 0 unspecified atom stereocenters. The highest BCUT2D eigenvalue weighted by Crippen LogP contribution is 2.37. The van der Waals surface area contributed by atoms with Gasteiger partial charge >= 0.3 is 11.2 Å². The highest BCUT2D eigenvalue weighted by molar-refractivity contribution is 9.10. The number of nitro groups is 1. The Morgan fingerprint density at radius 2 is 2.08 bits per heavy atom. The molecule has 7 nitrogen and oxygen atoms in total. The molecule has 126 valence electrons. The van der Waals surface area contributed by atoms with Crippen molar-refractivity contribution in [1.29, 1.82) is 5.26 Å². The van der Waals surface area contributed by atoms with Crippen LogP contribution in [-0.4, -0.2) is 15.1 Å². The Bertz CT molecular complexity index is 1030. The molecule has 1 aromatic carbocycles. The van der Waals surface area contributed by atoms with Gasteiger partial charge in [-0.05, 0) is 54.1 Å². The Morgan fingerprint density at radius 1 is 1.36 bits per heavy atom. The van der Waals surface area contributed by atoms with E-state index in [0.29, 0.717) is 27.0 Å². The Hall–Kier alpha value is -2.92. The van der Waals surface area contributed by atoms with E-state index in [-0.39, 0.29) is 0 Å². The zero-order valence-electron chi connectivity index (χ0n) is 13.3. The van der Waals surface area contributed by atoms with Crippen molar-refractivity contribution in [3.63, 3.8) is 0 Å². The molecule has 8 heteroatoms. The fourth-order valence-corrected chi connectivity index (χ4v) is 3.07. The van der Waals surface area contributed by atoms with Crippen LogP contribution >= 0.6 is 15.9 Å². The first-order chi connectivity index (χ1) is 11.7. The Kier molecular flexibility index (Phi) is 3.97. The van der Waals surface area contributed by atoms with Crippen LogP contribution in [0.15, 0.2) is 45.8 Å². The highest BCUT2D eigenvalue weighted by atomic mass is 79.9. The first-order valence-corrected chi connectivity index (χ1v) is 8.04. The normalized spacial score (nSPS) is 14.7. The maximum absolute atomic E-state index is 12.6. The summed E-state index contributed by atoms with van der Waals surface area (Å²) in [4.78, 5) is 23.0. The quantitative estimate of drug-likeness (QED) is 0.566. The Labute approximate surface area is 151 Å². The Morgan fingerprint density at radius 3 is 2.72 bits per heavy atom. The molecule has 0 amide bonds. The van der Waals surface area contributed by atoms with Crippen molar-refractivity contribution in [2.45, 2.75) is 19.4 Å². The van der Waals surface area contributed by atoms with Crippen LogP contribution in [0.25, 0.3) is 5.70 Å². The van der Waals surface area contributed by atoms with Crippen LogP contribution in [0.3, 0.4) is 0 Å². The molecule has 0 fully saturated rings. The molecule has 0 bridgehead atoms. The van der Waals surface area contributed by atoms with E-state index >= 15 is 0 Å². The summed E-state index contributed by atoms with van der Waals surface area (Å²) in [5, 5.41) is 20.3. The standard InChI is InChI=1S/C17H12BrN3O4/c1-17(2)7-14(12-5-10(8-19)3-4-15(12)25-17)20-9-11(18)6-13(16(20)22)21(23)24/h3-7,9H,1-2H3. The number of benzene rings is 1. The number of ether oxygens (including phenoxy) is 1. The molecule has 1 aromatic heterocycles. The molecule has 0 atom stereocenters. The lowest BCUT2D eigenvalue weighted by Gasteiger charge is -2.31. The van der Waals surface area contributed by atoms with Gasteiger partial charge in [0.05, 0.1) is 22.3 Å². The summed E-state index contributed by atoms with van der Waals surface area (Å²) in [7, 11) is 0. The van der Waals surface area contributed by atoms with Gasteiger partial charge in [-0.3, -0.25) is 19.5 Å². The van der Waals surface area contributed by atoms with Crippen molar-refractivity contribution in [2.75, 3.05) is 0 Å². The van der Waals surface area contributed by atoms with Gasteiger partial charge in [-0.25, -0.2) is 0 Å². The SMILES string of the molecule is CC1(C)C=C(n2cc(Br)cc([N+](=O)[O-])c2=O)c2cc(C#N)ccc2O1. The summed E-state index contributed by atoms with van der Waals surface area (Å²) >= 11 is 3.20. The van der Waals surface area contributed by atoms with E-state index in [1.165, 1.54) is 10.8 Å². The van der Waals surface area contributed by atoms with Crippen molar-refractivity contribution in [3.05, 3.63) is 72.6 Å². The average Bonchev–Trinajstić information content (AvgIpc) is 2.54. The van der Waals surface area contributed by atoms with E-state index in [9.17, 15) is 14.9 Å². The molecule has 2 heterocycles. The van der Waals surface area contributed by atoms with Crippen LogP contribution in [-0.2, 0) is 0 Å². The van der Waals surface area contributed by atoms with E-state index in [1.54, 1.807) is 24.3 Å². The third kappa shape index (κ3) is 3.06. The number of fused-ring (bicyclic) bond motifs is 1. The lowest BCUT2D eigenvalue weighted by atomic mass is 9.97. The smallest absolute Gasteiger partial charge is 0.335 e. The zero-order chi connectivity index (χ0) is 18.4. The summed E-state index contributed by atoms with van der Waals surface area (Å²) < 4.78 is 7.46. The summed E-state index contributed by atoms with van der Waals surface area (Å²) in [6, 6.07) is 8.06. The molecule has 0 N–H and O–H groups in total. The van der Waals surface area contributed by atoms with Crippen molar-refractivity contribution >= 4 is 27.3 Å². The number of halogens is 1. The van der Waals surface area contributed by atoms with E-state index in [4.69, 9.17) is 10.00 Å². The van der Waals surface area contributed by atoms with Crippen LogP contribution in [0, 0.1) is 21.4 Å². The van der Waals surface area contributed by atoms with E-state index < -0.39 is 21.8 Å². The number of hydrogen-bond acceptors (Lipinski definition) is 5. The van der Waals surface area contributed by atoms with E-state index in [0.717, 1.165) is 6.07 Å². The first-order valence-electron chi connectivity index (χ1n) is 7.25. The lowest BCUT2D eigenvalue weighted by Crippen LogP contribution is -2.32. The summed E-state index contributed by atoms with van der Waals surface area (Å²) in [6.45, 7) is 3.62. The van der Waals surface area contributed by atoms with Gasteiger partial charge in [-0.15, -0.1) is 0 Å². The number of pyridine rings is 1. The molecule has 0 spiro atoms. The van der Waals surface area contributed by atoms with Gasteiger partial charge in [0.25, 0.3) is 0 Å². The molecular formula is C17H12BrN3O4. The molecule has 0 radical (unpaired) electrons. The van der Waals surface area contributed by atoms with E-state index in [2.05, 4.69) is 15.9 Å². The number of hydrogen-bond donors (Lipinski definition) is 0. The molecule has 1 aliphatic heterocycles. The van der Waals surface area contributed by atoms with Gasteiger partial charge in [-0.1, -0.05) is 0 Å². The van der Waals surface area contributed by atoms with Crippen LogP contribution in [0.1, 0.15) is 25.0 Å². The topological polar surface area (TPSA) is 98.2 Å². The maximum Gasteiger partial charge on any atom is 0.335 e. The fraction of sp³-hybridized carbons (Fsp3) is 0.176. The second kappa shape index (κ2) is 5.86. The lowest BCUT2D eigenvalue weighted by molar-refractivity contribution is -0.386. The summed E-state index contributed by atoms with van der Waals surface area (Å²) in [5.74, 6) is 0.496. The zero-order valence-corrected chi connectivity index (χ0v) is 14.9. The minimum absolute atomic E-state index is 0.391. The highest BCUT2D eigenvalue weighted by Gasteiger charge is 2.29. The second-order valence-corrected chi connectivity index (χ2v) is 6.95. The molecule has 2 aromatic rings. The van der Waals surface area contributed by atoms with Crippen LogP contribution in [0.4, 0.5) is 5.69 Å². The van der Waals surface area contributed by atoms with E-state index in [1.807, 2.05) is 19.9 Å². The van der Waals surface area contributed by atoms with Crippen LogP contribution in [0.2, 0.25) is 0 Å². The van der Waals surface area contributed by atoms with Crippen LogP contribution in [0.5, 0.6) is 5.75 Å². The molecule has 1 aliphatic rings. The Balaban J connectivity index is 2.34. The van der Waals surface area contributed by atoms with Crippen molar-refractivity contribution in [2.24, 2.45) is 0 Å². The molecule has 25 heavy (non-hydrogen) atoms. The minimum atomic E-state index is -0.759. The number of aromatic nitrogens is 1. The first kappa shape index (κ1) is 16.9. The molecular weight excluding hydrogens is 390 g/mol. The average molecular weight is 402 g/mol. The summed E-state index contributed by atoms with van der Waals surface area (Å²) in [5.41, 5.74) is -0.688. The third-order valence-electron chi connectivity index (χ3n) is 3.66. The van der Waals surface area contributed by atoms with Gasteiger partial charge in [0, 0.05) is 22.3 Å².